The van der Waals surface area contributed by atoms with Gasteiger partial charge in [-0.1, -0.05) is 0 Å². The molecule has 6 heteroatoms. The molecule has 1 aromatic rings. The molecule has 2 saturated heterocycles. The summed E-state index contributed by atoms with van der Waals surface area (Å²) in [5.41, 5.74) is 1.05. The van der Waals surface area contributed by atoms with E-state index in [2.05, 4.69) is 25.1 Å². The SMILES string of the molecule is CCOc1ncnc(N2CCN(C3CNC3)CC2)c1C. The minimum absolute atomic E-state index is 0.639. The van der Waals surface area contributed by atoms with E-state index in [0.717, 1.165) is 56.7 Å². The van der Waals surface area contributed by atoms with Gasteiger partial charge < -0.3 is 15.0 Å². The highest BCUT2D eigenvalue weighted by atomic mass is 16.5. The van der Waals surface area contributed by atoms with E-state index in [0.29, 0.717) is 12.5 Å². The molecule has 6 nitrogen and oxygen atoms in total. The van der Waals surface area contributed by atoms with Crippen LogP contribution in [0.2, 0.25) is 0 Å². The predicted molar refractivity (Wildman–Crippen MR) is 78.4 cm³/mol. The Morgan fingerprint density at radius 3 is 2.60 bits per heavy atom. The summed E-state index contributed by atoms with van der Waals surface area (Å²) in [5, 5.41) is 3.34. The van der Waals surface area contributed by atoms with Crippen molar-refractivity contribution < 1.29 is 4.74 Å². The quantitative estimate of drug-likeness (QED) is 0.853. The van der Waals surface area contributed by atoms with Gasteiger partial charge in [-0.15, -0.1) is 0 Å². The Labute approximate surface area is 120 Å². The molecule has 2 fully saturated rings. The molecule has 2 aliphatic rings. The van der Waals surface area contributed by atoms with E-state index in [9.17, 15) is 0 Å². The maximum atomic E-state index is 5.56. The molecule has 0 aliphatic carbocycles. The van der Waals surface area contributed by atoms with Gasteiger partial charge in [0, 0.05) is 45.3 Å². The molecule has 0 spiro atoms. The van der Waals surface area contributed by atoms with Crippen LogP contribution in [-0.2, 0) is 0 Å². The lowest BCUT2D eigenvalue weighted by molar-refractivity contribution is 0.137. The van der Waals surface area contributed by atoms with Gasteiger partial charge in [0.2, 0.25) is 5.88 Å². The summed E-state index contributed by atoms with van der Waals surface area (Å²) in [6.07, 6.45) is 1.61. The fourth-order valence-electron chi connectivity index (χ4n) is 2.86. The Balaban J connectivity index is 1.66. The van der Waals surface area contributed by atoms with Crippen LogP contribution in [0, 0.1) is 6.92 Å². The first-order valence-corrected chi connectivity index (χ1v) is 7.43. The number of hydrogen-bond acceptors (Lipinski definition) is 6. The summed E-state index contributed by atoms with van der Waals surface area (Å²) >= 11 is 0. The molecule has 3 heterocycles. The van der Waals surface area contributed by atoms with Gasteiger partial charge in [-0.25, -0.2) is 9.97 Å². The second kappa shape index (κ2) is 5.93. The molecule has 0 unspecified atom stereocenters. The van der Waals surface area contributed by atoms with E-state index < -0.39 is 0 Å². The average Bonchev–Trinajstić information content (AvgIpc) is 2.41. The van der Waals surface area contributed by atoms with Crippen LogP contribution in [0.25, 0.3) is 0 Å². The molecule has 0 amide bonds. The molecular formula is C14H23N5O. The smallest absolute Gasteiger partial charge is 0.221 e. The Kier molecular flexibility index (Phi) is 4.03. The zero-order chi connectivity index (χ0) is 13.9. The highest BCUT2D eigenvalue weighted by molar-refractivity contribution is 5.50. The lowest BCUT2D eigenvalue weighted by atomic mass is 10.1. The first-order chi connectivity index (χ1) is 9.79. The van der Waals surface area contributed by atoms with Crippen molar-refractivity contribution in [3.05, 3.63) is 11.9 Å². The molecule has 1 N–H and O–H groups in total. The zero-order valence-electron chi connectivity index (χ0n) is 12.3. The summed E-state index contributed by atoms with van der Waals surface area (Å²) in [7, 11) is 0. The van der Waals surface area contributed by atoms with E-state index in [4.69, 9.17) is 4.74 Å². The molecule has 0 bridgehead atoms. The Bertz CT molecular complexity index is 455. The standard InChI is InChI=1S/C14H23N5O/c1-3-20-14-11(2)13(16-10-17-14)19-6-4-18(5-7-19)12-8-15-9-12/h10,12,15H,3-9H2,1-2H3. The van der Waals surface area contributed by atoms with Crippen LogP contribution in [0.1, 0.15) is 12.5 Å². The van der Waals surface area contributed by atoms with Crippen molar-refractivity contribution in [1.82, 2.24) is 20.2 Å². The number of hydrogen-bond donors (Lipinski definition) is 1. The van der Waals surface area contributed by atoms with Gasteiger partial charge in [0.25, 0.3) is 0 Å². The normalized spacial score (nSPS) is 20.8. The van der Waals surface area contributed by atoms with Crippen molar-refractivity contribution >= 4 is 5.82 Å². The van der Waals surface area contributed by atoms with E-state index in [1.807, 2.05) is 13.8 Å². The van der Waals surface area contributed by atoms with Crippen LogP contribution in [0.5, 0.6) is 5.88 Å². The second-order valence-corrected chi connectivity index (χ2v) is 5.40. The number of aromatic nitrogens is 2. The third kappa shape index (κ3) is 2.58. The minimum atomic E-state index is 0.639. The molecule has 0 aromatic carbocycles. The van der Waals surface area contributed by atoms with Gasteiger partial charge >= 0.3 is 0 Å². The number of nitrogens with zero attached hydrogens (tertiary/aromatic N) is 4. The zero-order valence-corrected chi connectivity index (χ0v) is 12.3. The largest absolute Gasteiger partial charge is 0.478 e. The molecule has 2 aliphatic heterocycles. The van der Waals surface area contributed by atoms with Crippen LogP contribution in [0.15, 0.2) is 6.33 Å². The van der Waals surface area contributed by atoms with E-state index in [1.165, 1.54) is 0 Å². The topological polar surface area (TPSA) is 53.5 Å². The fourth-order valence-corrected chi connectivity index (χ4v) is 2.86. The predicted octanol–water partition coefficient (Wildman–Crippen LogP) is 0.278. The highest BCUT2D eigenvalue weighted by Gasteiger charge is 2.28. The van der Waals surface area contributed by atoms with Gasteiger partial charge in [-0.05, 0) is 13.8 Å². The van der Waals surface area contributed by atoms with Crippen molar-refractivity contribution in [2.45, 2.75) is 19.9 Å². The van der Waals surface area contributed by atoms with Crippen molar-refractivity contribution in [2.24, 2.45) is 0 Å². The third-order valence-electron chi connectivity index (χ3n) is 4.18. The first-order valence-electron chi connectivity index (χ1n) is 7.43. The van der Waals surface area contributed by atoms with Crippen LogP contribution >= 0.6 is 0 Å². The van der Waals surface area contributed by atoms with Gasteiger partial charge in [0.15, 0.2) is 0 Å². The molecule has 110 valence electrons. The van der Waals surface area contributed by atoms with Gasteiger partial charge in [-0.2, -0.15) is 0 Å². The third-order valence-corrected chi connectivity index (χ3v) is 4.18. The summed E-state index contributed by atoms with van der Waals surface area (Å²) in [6, 6.07) is 0.739. The van der Waals surface area contributed by atoms with Crippen LogP contribution < -0.4 is 15.0 Å². The highest BCUT2D eigenvalue weighted by Crippen LogP contribution is 2.25. The van der Waals surface area contributed by atoms with Crippen molar-refractivity contribution in [2.75, 3.05) is 50.8 Å². The van der Waals surface area contributed by atoms with Crippen molar-refractivity contribution in [3.8, 4) is 5.88 Å². The van der Waals surface area contributed by atoms with Gasteiger partial charge in [-0.3, -0.25) is 4.90 Å². The molecule has 1 aromatic heterocycles. The van der Waals surface area contributed by atoms with Crippen LogP contribution in [0.3, 0.4) is 0 Å². The molecule has 0 atom stereocenters. The molecule has 0 saturated carbocycles. The lowest BCUT2D eigenvalue weighted by Gasteiger charge is -2.43. The van der Waals surface area contributed by atoms with E-state index in [-0.39, 0.29) is 0 Å². The summed E-state index contributed by atoms with van der Waals surface area (Å²) < 4.78 is 5.56. The first kappa shape index (κ1) is 13.6. The lowest BCUT2D eigenvalue weighted by Crippen LogP contribution is -2.61. The average molecular weight is 277 g/mol. The maximum Gasteiger partial charge on any atom is 0.221 e. The Morgan fingerprint density at radius 1 is 1.25 bits per heavy atom. The van der Waals surface area contributed by atoms with E-state index >= 15 is 0 Å². The fraction of sp³-hybridized carbons (Fsp3) is 0.714. The Hall–Kier alpha value is -1.40. The Morgan fingerprint density at radius 2 is 2.00 bits per heavy atom. The summed E-state index contributed by atoms with van der Waals surface area (Å²) in [4.78, 5) is 13.6. The van der Waals surface area contributed by atoms with Crippen molar-refractivity contribution in [1.29, 1.82) is 0 Å². The minimum Gasteiger partial charge on any atom is -0.478 e. The molecule has 0 radical (unpaired) electrons. The summed E-state index contributed by atoms with van der Waals surface area (Å²) in [5.74, 6) is 1.73. The van der Waals surface area contributed by atoms with Gasteiger partial charge in [0.1, 0.15) is 12.1 Å². The molecule has 20 heavy (non-hydrogen) atoms. The molecular weight excluding hydrogens is 254 g/mol. The number of nitrogens with one attached hydrogen (secondary N) is 1. The van der Waals surface area contributed by atoms with E-state index in [1.54, 1.807) is 6.33 Å². The van der Waals surface area contributed by atoms with Crippen LogP contribution in [-0.4, -0.2) is 66.8 Å². The molecule has 3 rings (SSSR count). The maximum absolute atomic E-state index is 5.56. The summed E-state index contributed by atoms with van der Waals surface area (Å²) in [6.45, 7) is 11.2. The van der Waals surface area contributed by atoms with Crippen LogP contribution in [0.4, 0.5) is 5.82 Å². The second-order valence-electron chi connectivity index (χ2n) is 5.40. The van der Waals surface area contributed by atoms with Crippen molar-refractivity contribution in [3.63, 3.8) is 0 Å². The number of anilines is 1. The number of ether oxygens (including phenoxy) is 1. The monoisotopic (exact) mass is 277 g/mol. The van der Waals surface area contributed by atoms with Gasteiger partial charge in [0.05, 0.1) is 12.2 Å². The number of rotatable bonds is 4. The number of piperazine rings is 1.